The van der Waals surface area contributed by atoms with Crippen molar-refractivity contribution in [2.75, 3.05) is 0 Å². The maximum absolute atomic E-state index is 6.48. The molecule has 53 heavy (non-hydrogen) atoms. The van der Waals surface area contributed by atoms with Crippen molar-refractivity contribution in [1.29, 1.82) is 0 Å². The van der Waals surface area contributed by atoms with E-state index >= 15 is 0 Å². The highest BCUT2D eigenvalue weighted by molar-refractivity contribution is 6.09. The zero-order valence-electron chi connectivity index (χ0n) is 30.3. The average Bonchev–Trinajstić information content (AvgIpc) is 3.48. The number of ether oxygens (including phenoxy) is 2. The predicted molar refractivity (Wildman–Crippen MR) is 211 cm³/mol. The fourth-order valence-corrected chi connectivity index (χ4v) is 6.84. The highest BCUT2D eigenvalue weighted by Gasteiger charge is 2.17. The first-order valence-corrected chi connectivity index (χ1v) is 18.0. The third-order valence-corrected chi connectivity index (χ3v) is 9.06. The summed E-state index contributed by atoms with van der Waals surface area (Å²) in [7, 11) is 0. The molecular weight excluding hydrogens is 657 g/mol. The molecule has 4 aromatic carbocycles. The van der Waals surface area contributed by atoms with Crippen LogP contribution in [0.3, 0.4) is 0 Å². The van der Waals surface area contributed by atoms with E-state index < -0.39 is 0 Å². The lowest BCUT2D eigenvalue weighted by atomic mass is 10.0. The summed E-state index contributed by atoms with van der Waals surface area (Å²) in [5.74, 6) is 4.46. The Hall–Kier alpha value is -6.41. The van der Waals surface area contributed by atoms with Crippen LogP contribution < -0.4 is 9.47 Å². The molecule has 0 aliphatic heterocycles. The zero-order valence-corrected chi connectivity index (χ0v) is 30.3. The molecular formula is C45H40N6O2. The lowest BCUT2D eigenvalue weighted by molar-refractivity contribution is 0.483. The molecule has 0 N–H and O–H groups in total. The van der Waals surface area contributed by atoms with Gasteiger partial charge in [-0.15, -0.1) is 0 Å². The number of pyridine rings is 2. The van der Waals surface area contributed by atoms with Crippen LogP contribution in [0, 0.1) is 11.8 Å². The van der Waals surface area contributed by atoms with E-state index in [0.29, 0.717) is 29.3 Å². The van der Waals surface area contributed by atoms with Gasteiger partial charge in [0.15, 0.2) is 0 Å². The van der Waals surface area contributed by atoms with Crippen molar-refractivity contribution in [1.82, 2.24) is 29.5 Å². The smallest absolute Gasteiger partial charge is 0.237 e. The van der Waals surface area contributed by atoms with E-state index in [4.69, 9.17) is 9.47 Å². The van der Waals surface area contributed by atoms with E-state index in [1.54, 1.807) is 0 Å². The minimum Gasteiger partial charge on any atom is -0.457 e. The quantitative estimate of drug-likeness (QED) is 0.133. The van der Waals surface area contributed by atoms with E-state index in [-0.39, 0.29) is 0 Å². The van der Waals surface area contributed by atoms with Gasteiger partial charge in [-0.2, -0.15) is 0 Å². The van der Waals surface area contributed by atoms with Gasteiger partial charge in [0.25, 0.3) is 0 Å². The summed E-state index contributed by atoms with van der Waals surface area (Å²) in [6.07, 6.45) is 8.79. The predicted octanol–water partition coefficient (Wildman–Crippen LogP) is 11.1. The molecule has 0 unspecified atom stereocenters. The van der Waals surface area contributed by atoms with Crippen LogP contribution in [0.2, 0.25) is 0 Å². The van der Waals surface area contributed by atoms with Crippen LogP contribution in [0.5, 0.6) is 23.0 Å². The monoisotopic (exact) mass is 696 g/mol. The standard InChI is InChI=1S/C45H40N6O2/c1-29(2)19-31-15-17-47-41(21-31)33-7-5-9-35(23-33)52-37-11-13-39-40-14-12-38(26-44(40)51(43(39)25-37)45-49-27-46-28-50-45)53-36-10-6-8-34(24-36)42-22-32(16-18-48-42)20-30(3)4/h5-18,21-30H,19-20H2,1-4H3. The summed E-state index contributed by atoms with van der Waals surface area (Å²) in [5.41, 5.74) is 8.20. The first-order valence-electron chi connectivity index (χ1n) is 18.0. The van der Waals surface area contributed by atoms with Crippen LogP contribution >= 0.6 is 0 Å². The molecule has 0 bridgehead atoms. The van der Waals surface area contributed by atoms with Crippen molar-refractivity contribution in [3.8, 4) is 51.5 Å². The number of hydrogen-bond donors (Lipinski definition) is 0. The molecule has 4 heterocycles. The van der Waals surface area contributed by atoms with Crippen LogP contribution in [0.25, 0.3) is 50.3 Å². The zero-order chi connectivity index (χ0) is 36.3. The molecule has 4 aromatic heterocycles. The summed E-state index contributed by atoms with van der Waals surface area (Å²) >= 11 is 0. The van der Waals surface area contributed by atoms with Crippen LogP contribution in [0.4, 0.5) is 0 Å². The second-order valence-corrected chi connectivity index (χ2v) is 14.2. The Labute approximate surface area is 309 Å². The van der Waals surface area contributed by atoms with Crippen LogP contribution in [-0.2, 0) is 12.8 Å². The largest absolute Gasteiger partial charge is 0.457 e. The van der Waals surface area contributed by atoms with E-state index in [9.17, 15) is 0 Å². The van der Waals surface area contributed by atoms with Gasteiger partial charge in [0, 0.05) is 46.4 Å². The highest BCUT2D eigenvalue weighted by atomic mass is 16.5. The maximum atomic E-state index is 6.48. The fraction of sp³-hybridized carbons (Fsp3) is 0.178. The molecule has 8 nitrogen and oxygen atoms in total. The van der Waals surface area contributed by atoms with Gasteiger partial charge in [-0.1, -0.05) is 52.0 Å². The van der Waals surface area contributed by atoms with E-state index in [0.717, 1.165) is 68.7 Å². The van der Waals surface area contributed by atoms with Gasteiger partial charge < -0.3 is 9.47 Å². The molecule has 8 rings (SSSR count). The van der Waals surface area contributed by atoms with Gasteiger partial charge in [-0.3, -0.25) is 14.5 Å². The third-order valence-electron chi connectivity index (χ3n) is 9.06. The van der Waals surface area contributed by atoms with Crippen molar-refractivity contribution in [3.63, 3.8) is 0 Å². The lowest BCUT2D eigenvalue weighted by Gasteiger charge is -2.11. The fourth-order valence-electron chi connectivity index (χ4n) is 6.84. The minimum absolute atomic E-state index is 0.498. The molecule has 0 aliphatic rings. The van der Waals surface area contributed by atoms with Gasteiger partial charge >= 0.3 is 0 Å². The number of rotatable bonds is 11. The van der Waals surface area contributed by atoms with E-state index in [1.165, 1.54) is 23.8 Å². The summed E-state index contributed by atoms with van der Waals surface area (Å²) in [5, 5.41) is 2.07. The number of benzene rings is 4. The van der Waals surface area contributed by atoms with Gasteiger partial charge in [0.2, 0.25) is 5.95 Å². The van der Waals surface area contributed by atoms with Gasteiger partial charge in [0.05, 0.1) is 22.4 Å². The molecule has 0 atom stereocenters. The van der Waals surface area contributed by atoms with Crippen molar-refractivity contribution in [2.24, 2.45) is 11.8 Å². The Morgan fingerprint density at radius 1 is 0.509 bits per heavy atom. The molecule has 0 amide bonds. The Morgan fingerprint density at radius 2 is 0.981 bits per heavy atom. The Balaban J connectivity index is 1.13. The first-order chi connectivity index (χ1) is 25.9. The highest BCUT2D eigenvalue weighted by Crippen LogP contribution is 2.38. The number of nitrogens with zero attached hydrogens (tertiary/aromatic N) is 6. The van der Waals surface area contributed by atoms with Gasteiger partial charge in [-0.05, 0) is 109 Å². The summed E-state index contributed by atoms with van der Waals surface area (Å²) < 4.78 is 15.0. The van der Waals surface area contributed by atoms with Gasteiger partial charge in [-0.25, -0.2) is 15.0 Å². The van der Waals surface area contributed by atoms with Crippen molar-refractivity contribution in [3.05, 3.63) is 145 Å². The number of aromatic nitrogens is 6. The molecule has 8 aromatic rings. The number of hydrogen-bond acceptors (Lipinski definition) is 7. The van der Waals surface area contributed by atoms with E-state index in [2.05, 4.69) is 101 Å². The molecule has 0 aliphatic carbocycles. The van der Waals surface area contributed by atoms with E-state index in [1.807, 2.05) is 77.6 Å². The average molecular weight is 697 g/mol. The first kappa shape index (κ1) is 33.7. The Kier molecular flexibility index (Phi) is 9.34. The minimum atomic E-state index is 0.498. The lowest BCUT2D eigenvalue weighted by Crippen LogP contribution is -2.01. The summed E-state index contributed by atoms with van der Waals surface area (Å²) in [6, 6.07) is 36.8. The Morgan fingerprint density at radius 3 is 1.45 bits per heavy atom. The molecule has 8 heteroatoms. The van der Waals surface area contributed by atoms with Crippen LogP contribution in [0.1, 0.15) is 38.8 Å². The van der Waals surface area contributed by atoms with Crippen molar-refractivity contribution in [2.45, 2.75) is 40.5 Å². The van der Waals surface area contributed by atoms with Gasteiger partial charge in [0.1, 0.15) is 35.7 Å². The maximum Gasteiger partial charge on any atom is 0.237 e. The molecule has 262 valence electrons. The van der Waals surface area contributed by atoms with Crippen LogP contribution in [0.15, 0.2) is 134 Å². The Bertz CT molecular complexity index is 2390. The topological polar surface area (TPSA) is 87.8 Å². The third kappa shape index (κ3) is 7.48. The SMILES string of the molecule is CC(C)Cc1ccnc(-c2cccc(Oc3ccc4c5ccc(Oc6cccc(-c7cc(CC(C)C)ccn7)c6)cc5n(-c5ncncn5)c4c3)c2)c1. The second-order valence-electron chi connectivity index (χ2n) is 14.2. The molecule has 0 radical (unpaired) electrons. The van der Waals surface area contributed by atoms with Crippen LogP contribution in [-0.4, -0.2) is 29.5 Å². The van der Waals surface area contributed by atoms with Crippen molar-refractivity contribution < 1.29 is 9.47 Å². The summed E-state index contributed by atoms with van der Waals surface area (Å²) in [4.78, 5) is 22.4. The normalized spacial score (nSPS) is 11.5. The molecule has 0 fully saturated rings. The summed E-state index contributed by atoms with van der Waals surface area (Å²) in [6.45, 7) is 8.91. The molecule has 0 saturated heterocycles. The second kappa shape index (κ2) is 14.7. The molecule has 0 spiro atoms. The van der Waals surface area contributed by atoms with Crippen molar-refractivity contribution >= 4 is 21.8 Å². The number of fused-ring (bicyclic) bond motifs is 3. The molecule has 0 saturated carbocycles.